The van der Waals surface area contributed by atoms with Crippen LogP contribution in [0.5, 0.6) is 0 Å². The fraction of sp³-hybridized carbons (Fsp3) is 0.462. The van der Waals surface area contributed by atoms with E-state index in [9.17, 15) is 4.79 Å². The lowest BCUT2D eigenvalue weighted by Gasteiger charge is -2.40. The van der Waals surface area contributed by atoms with Crippen LogP contribution in [0.2, 0.25) is 0 Å². The molecule has 1 atom stereocenters. The van der Waals surface area contributed by atoms with Crippen LogP contribution in [0.1, 0.15) is 18.4 Å². The summed E-state index contributed by atoms with van der Waals surface area (Å²) in [4.78, 5) is 12.2. The summed E-state index contributed by atoms with van der Waals surface area (Å²) in [7, 11) is 0. The van der Waals surface area contributed by atoms with Crippen LogP contribution >= 0.6 is 12.4 Å². The predicted octanol–water partition coefficient (Wildman–Crippen LogP) is 1.97. The van der Waals surface area contributed by atoms with Crippen molar-refractivity contribution in [2.24, 2.45) is 5.41 Å². The van der Waals surface area contributed by atoms with Gasteiger partial charge in [-0.2, -0.15) is 0 Å². The largest absolute Gasteiger partial charge is 0.325 e. The Bertz CT molecular complexity index is 427. The van der Waals surface area contributed by atoms with E-state index in [0.717, 1.165) is 38.0 Å². The Kier molecular flexibility index (Phi) is 3.40. The van der Waals surface area contributed by atoms with Crippen LogP contribution in [0.3, 0.4) is 0 Å². The van der Waals surface area contributed by atoms with E-state index in [1.165, 1.54) is 5.56 Å². The molecule has 1 amide bonds. The molecular formula is C13H17ClN2O. The average molecular weight is 253 g/mol. The van der Waals surface area contributed by atoms with Gasteiger partial charge in [0.25, 0.3) is 0 Å². The number of hydrogen-bond donors (Lipinski definition) is 2. The molecule has 3 rings (SSSR count). The smallest absolute Gasteiger partial charge is 0.232 e. The second-order valence-corrected chi connectivity index (χ2v) is 4.85. The summed E-state index contributed by atoms with van der Waals surface area (Å²) >= 11 is 0. The van der Waals surface area contributed by atoms with Crippen molar-refractivity contribution >= 4 is 24.0 Å². The molecule has 3 nitrogen and oxygen atoms in total. The molecule has 2 N–H and O–H groups in total. The van der Waals surface area contributed by atoms with Crippen molar-refractivity contribution in [2.45, 2.75) is 19.3 Å². The number of anilines is 1. The Morgan fingerprint density at radius 2 is 2.06 bits per heavy atom. The molecule has 1 fully saturated rings. The van der Waals surface area contributed by atoms with Crippen molar-refractivity contribution in [3.8, 4) is 0 Å². The third-order valence-corrected chi connectivity index (χ3v) is 3.75. The van der Waals surface area contributed by atoms with Crippen LogP contribution in [-0.4, -0.2) is 19.0 Å². The molecule has 0 aromatic heterocycles. The first-order valence-electron chi connectivity index (χ1n) is 5.90. The molecule has 0 radical (unpaired) electrons. The SMILES string of the molecule is Cl.O=C1Nc2ccccc2CC12CCCNC2. The van der Waals surface area contributed by atoms with Gasteiger partial charge in [-0.15, -0.1) is 12.4 Å². The number of para-hydroxylation sites is 1. The first-order chi connectivity index (χ1) is 7.80. The summed E-state index contributed by atoms with van der Waals surface area (Å²) in [5.41, 5.74) is 2.06. The average Bonchev–Trinajstić information content (AvgIpc) is 2.32. The van der Waals surface area contributed by atoms with Crippen LogP contribution in [0.15, 0.2) is 24.3 Å². The fourth-order valence-electron chi connectivity index (χ4n) is 2.81. The van der Waals surface area contributed by atoms with Crippen molar-refractivity contribution in [1.29, 1.82) is 0 Å². The molecule has 1 saturated heterocycles. The summed E-state index contributed by atoms with van der Waals surface area (Å²) in [6, 6.07) is 8.11. The van der Waals surface area contributed by atoms with Gasteiger partial charge in [0.2, 0.25) is 5.91 Å². The van der Waals surface area contributed by atoms with E-state index in [1.807, 2.05) is 18.2 Å². The molecule has 2 heterocycles. The maximum Gasteiger partial charge on any atom is 0.232 e. The number of benzene rings is 1. The zero-order chi connectivity index (χ0) is 11.0. The topological polar surface area (TPSA) is 41.1 Å². The van der Waals surface area contributed by atoms with Crippen molar-refractivity contribution < 1.29 is 4.79 Å². The van der Waals surface area contributed by atoms with E-state index in [-0.39, 0.29) is 23.7 Å². The zero-order valence-electron chi connectivity index (χ0n) is 9.66. The van der Waals surface area contributed by atoms with Crippen molar-refractivity contribution in [1.82, 2.24) is 5.32 Å². The van der Waals surface area contributed by atoms with Crippen LogP contribution in [-0.2, 0) is 11.2 Å². The Labute approximate surface area is 107 Å². The van der Waals surface area contributed by atoms with Gasteiger partial charge in [0.05, 0.1) is 5.41 Å². The minimum absolute atomic E-state index is 0. The first-order valence-corrected chi connectivity index (χ1v) is 5.90. The highest BCUT2D eigenvalue weighted by Gasteiger charge is 2.42. The molecule has 4 heteroatoms. The molecule has 0 bridgehead atoms. The summed E-state index contributed by atoms with van der Waals surface area (Å²) in [5.74, 6) is 0.193. The molecule has 1 aromatic rings. The highest BCUT2D eigenvalue weighted by molar-refractivity contribution is 5.98. The quantitative estimate of drug-likeness (QED) is 0.741. The third kappa shape index (κ3) is 2.05. The van der Waals surface area contributed by atoms with Crippen molar-refractivity contribution in [3.63, 3.8) is 0 Å². The number of hydrogen-bond acceptors (Lipinski definition) is 2. The van der Waals surface area contributed by atoms with Crippen molar-refractivity contribution in [3.05, 3.63) is 29.8 Å². The lowest BCUT2D eigenvalue weighted by Crippen LogP contribution is -2.51. The van der Waals surface area contributed by atoms with E-state index < -0.39 is 0 Å². The summed E-state index contributed by atoms with van der Waals surface area (Å²) < 4.78 is 0. The summed E-state index contributed by atoms with van der Waals surface area (Å²) in [5, 5.41) is 6.39. The molecule has 0 aliphatic carbocycles. The fourth-order valence-corrected chi connectivity index (χ4v) is 2.81. The van der Waals surface area contributed by atoms with Gasteiger partial charge in [0, 0.05) is 12.2 Å². The van der Waals surface area contributed by atoms with E-state index in [4.69, 9.17) is 0 Å². The molecule has 1 unspecified atom stereocenters. The lowest BCUT2D eigenvalue weighted by atomic mass is 9.73. The Balaban J connectivity index is 0.00000108. The zero-order valence-corrected chi connectivity index (χ0v) is 10.5. The Morgan fingerprint density at radius 3 is 2.82 bits per heavy atom. The molecule has 1 aromatic carbocycles. The Hall–Kier alpha value is -1.06. The van der Waals surface area contributed by atoms with Crippen LogP contribution < -0.4 is 10.6 Å². The minimum Gasteiger partial charge on any atom is -0.325 e. The summed E-state index contributed by atoms with van der Waals surface area (Å²) in [6.07, 6.45) is 2.97. The van der Waals surface area contributed by atoms with Gasteiger partial charge in [0.15, 0.2) is 0 Å². The van der Waals surface area contributed by atoms with Crippen molar-refractivity contribution in [2.75, 3.05) is 18.4 Å². The number of halogens is 1. The molecule has 0 saturated carbocycles. The molecule has 1 spiro atoms. The summed E-state index contributed by atoms with van der Waals surface area (Å²) in [6.45, 7) is 1.85. The van der Waals surface area contributed by atoms with E-state index >= 15 is 0 Å². The number of carbonyl (C=O) groups is 1. The number of rotatable bonds is 0. The molecule has 92 valence electrons. The molecule has 2 aliphatic rings. The van der Waals surface area contributed by atoms with Gasteiger partial charge in [-0.3, -0.25) is 4.79 Å². The highest BCUT2D eigenvalue weighted by atomic mass is 35.5. The van der Waals surface area contributed by atoms with Crippen LogP contribution in [0, 0.1) is 5.41 Å². The van der Waals surface area contributed by atoms with Gasteiger partial charge >= 0.3 is 0 Å². The number of fused-ring (bicyclic) bond motifs is 1. The number of piperidine rings is 1. The second kappa shape index (κ2) is 4.67. The van der Waals surface area contributed by atoms with Crippen LogP contribution in [0.4, 0.5) is 5.69 Å². The third-order valence-electron chi connectivity index (χ3n) is 3.75. The van der Waals surface area contributed by atoms with Gasteiger partial charge in [-0.25, -0.2) is 0 Å². The molecule has 2 aliphatic heterocycles. The number of carbonyl (C=O) groups excluding carboxylic acids is 1. The second-order valence-electron chi connectivity index (χ2n) is 4.85. The van der Waals surface area contributed by atoms with Gasteiger partial charge in [0.1, 0.15) is 0 Å². The molecule has 17 heavy (non-hydrogen) atoms. The van der Waals surface area contributed by atoms with E-state index in [2.05, 4.69) is 16.7 Å². The minimum atomic E-state index is -0.202. The maximum absolute atomic E-state index is 12.2. The Morgan fingerprint density at radius 1 is 1.24 bits per heavy atom. The number of amides is 1. The lowest BCUT2D eigenvalue weighted by molar-refractivity contribution is -0.127. The predicted molar refractivity (Wildman–Crippen MR) is 70.6 cm³/mol. The maximum atomic E-state index is 12.2. The standard InChI is InChI=1S/C13H16N2O.ClH/c16-12-13(6-3-7-14-9-13)8-10-4-1-2-5-11(10)15-12;/h1-2,4-5,14H,3,6-9H2,(H,15,16);1H. The first kappa shape index (κ1) is 12.4. The normalized spacial score (nSPS) is 26.9. The van der Waals surface area contributed by atoms with Gasteiger partial charge < -0.3 is 10.6 Å². The van der Waals surface area contributed by atoms with Gasteiger partial charge in [-0.1, -0.05) is 18.2 Å². The van der Waals surface area contributed by atoms with Gasteiger partial charge in [-0.05, 0) is 37.4 Å². The molecular weight excluding hydrogens is 236 g/mol. The van der Waals surface area contributed by atoms with E-state index in [0.29, 0.717) is 0 Å². The monoisotopic (exact) mass is 252 g/mol. The van der Waals surface area contributed by atoms with E-state index in [1.54, 1.807) is 0 Å². The van der Waals surface area contributed by atoms with Crippen LogP contribution in [0.25, 0.3) is 0 Å². The highest BCUT2D eigenvalue weighted by Crippen LogP contribution is 2.37. The number of nitrogens with one attached hydrogen (secondary N) is 2.